The Morgan fingerprint density at radius 1 is 1.10 bits per heavy atom. The highest BCUT2D eigenvalue weighted by molar-refractivity contribution is 5.98. The number of nitrogens with one attached hydrogen (secondary N) is 1. The Balaban J connectivity index is 1.28. The summed E-state index contributed by atoms with van der Waals surface area (Å²) < 4.78 is 8.91. The number of amides is 1. The van der Waals surface area contributed by atoms with E-state index < -0.39 is 0 Å². The molecule has 4 aromatic rings. The van der Waals surface area contributed by atoms with Crippen LogP contribution in [0, 0.1) is 11.3 Å². The van der Waals surface area contributed by atoms with Gasteiger partial charge in [-0.15, -0.1) is 0 Å². The molecular weight excluding hydrogens is 496 g/mol. The van der Waals surface area contributed by atoms with Gasteiger partial charge >= 0.3 is 5.69 Å². The standard InChI is InChI=1S/C28H26N8O3/c29-14-18(13-19-5-4-12-31-19)27(37)34-15-21(16-34)36-26-24(25(30)32-17-33-26)35(28(36)38)20-8-10-23(11-9-20)39-22-6-2-1-3-7-22/h1-3,6-11,13,17,19,21,31H,4-5,12,15-16H2,(H2,30,32,33). The van der Waals surface area contributed by atoms with Crippen LogP contribution in [0.5, 0.6) is 11.5 Å². The van der Waals surface area contributed by atoms with Crippen LogP contribution in [0.25, 0.3) is 16.9 Å². The highest BCUT2D eigenvalue weighted by Gasteiger charge is 2.37. The van der Waals surface area contributed by atoms with E-state index in [-0.39, 0.29) is 48.2 Å². The van der Waals surface area contributed by atoms with Gasteiger partial charge in [-0.1, -0.05) is 18.2 Å². The fourth-order valence-corrected chi connectivity index (χ4v) is 5.09. The van der Waals surface area contributed by atoms with Crippen molar-refractivity contribution >= 4 is 22.9 Å². The molecule has 1 unspecified atom stereocenters. The van der Waals surface area contributed by atoms with Crippen molar-refractivity contribution in [2.75, 3.05) is 25.4 Å². The van der Waals surface area contributed by atoms with E-state index in [1.165, 1.54) is 10.9 Å². The van der Waals surface area contributed by atoms with E-state index in [4.69, 9.17) is 10.5 Å². The van der Waals surface area contributed by atoms with Crippen LogP contribution in [-0.2, 0) is 4.79 Å². The summed E-state index contributed by atoms with van der Waals surface area (Å²) in [5.74, 6) is 1.16. The Morgan fingerprint density at radius 3 is 2.54 bits per heavy atom. The number of aromatic nitrogens is 4. The Hall–Kier alpha value is -4.95. The van der Waals surface area contributed by atoms with Crippen molar-refractivity contribution in [1.82, 2.24) is 29.3 Å². The molecule has 0 bridgehead atoms. The molecule has 2 aromatic heterocycles. The quantitative estimate of drug-likeness (QED) is 0.290. The van der Waals surface area contributed by atoms with Crippen molar-refractivity contribution in [2.24, 2.45) is 0 Å². The summed E-state index contributed by atoms with van der Waals surface area (Å²) in [7, 11) is 0. The highest BCUT2D eigenvalue weighted by atomic mass is 16.5. The number of imidazole rings is 1. The third-order valence-electron chi connectivity index (χ3n) is 7.09. The molecule has 3 N–H and O–H groups in total. The molecule has 0 spiro atoms. The molecule has 11 nitrogen and oxygen atoms in total. The molecule has 6 rings (SSSR count). The summed E-state index contributed by atoms with van der Waals surface area (Å²) in [5, 5.41) is 12.8. The average Bonchev–Trinajstić information content (AvgIpc) is 3.54. The summed E-state index contributed by atoms with van der Waals surface area (Å²) in [6.45, 7) is 1.44. The number of carbonyl (C=O) groups is 1. The van der Waals surface area contributed by atoms with E-state index in [9.17, 15) is 14.9 Å². The number of nitrogens with two attached hydrogens (primary N) is 1. The SMILES string of the molecule is N#CC(=CC1CCCN1)C(=O)N1CC(n2c(=O)n(-c3ccc(Oc4ccccc4)cc3)c3c(N)ncnc32)C1. The molecule has 2 fully saturated rings. The lowest BCUT2D eigenvalue weighted by Gasteiger charge is -2.39. The zero-order chi connectivity index (χ0) is 26.9. The minimum Gasteiger partial charge on any atom is -0.457 e. The lowest BCUT2D eigenvalue weighted by atomic mass is 10.0. The molecule has 196 valence electrons. The molecule has 2 aliphatic heterocycles. The maximum atomic E-state index is 13.7. The first-order chi connectivity index (χ1) is 19.0. The lowest BCUT2D eigenvalue weighted by molar-refractivity contribution is -0.132. The first-order valence-electron chi connectivity index (χ1n) is 12.7. The summed E-state index contributed by atoms with van der Waals surface area (Å²) in [6, 6.07) is 18.3. The zero-order valence-corrected chi connectivity index (χ0v) is 21.0. The topological polar surface area (TPSA) is 144 Å². The van der Waals surface area contributed by atoms with E-state index in [0.717, 1.165) is 19.4 Å². The second kappa shape index (κ2) is 10.1. The summed E-state index contributed by atoms with van der Waals surface area (Å²) in [6.07, 6.45) is 4.94. The van der Waals surface area contributed by atoms with Gasteiger partial charge in [0.15, 0.2) is 11.5 Å². The van der Waals surface area contributed by atoms with Gasteiger partial charge < -0.3 is 20.7 Å². The van der Waals surface area contributed by atoms with Gasteiger partial charge in [-0.25, -0.2) is 14.8 Å². The zero-order valence-electron chi connectivity index (χ0n) is 21.0. The Bertz CT molecular complexity index is 1660. The monoisotopic (exact) mass is 522 g/mol. The maximum absolute atomic E-state index is 13.7. The van der Waals surface area contributed by atoms with E-state index in [1.54, 1.807) is 39.8 Å². The second-order valence-corrected chi connectivity index (χ2v) is 9.59. The molecule has 0 saturated carbocycles. The molecule has 11 heteroatoms. The second-order valence-electron chi connectivity index (χ2n) is 9.59. The number of nitrogen functional groups attached to an aromatic ring is 1. The third kappa shape index (κ3) is 4.51. The first-order valence-corrected chi connectivity index (χ1v) is 12.7. The molecular formula is C28H26N8O3. The number of ether oxygens (including phenoxy) is 1. The van der Waals surface area contributed by atoms with Crippen LogP contribution in [0.2, 0.25) is 0 Å². The molecule has 4 heterocycles. The number of fused-ring (bicyclic) bond motifs is 1. The van der Waals surface area contributed by atoms with Gasteiger partial charge in [0.1, 0.15) is 35.0 Å². The average molecular weight is 523 g/mol. The van der Waals surface area contributed by atoms with Crippen LogP contribution in [-0.4, -0.2) is 55.6 Å². The van der Waals surface area contributed by atoms with Gasteiger partial charge in [0.2, 0.25) is 0 Å². The van der Waals surface area contributed by atoms with Crippen LogP contribution >= 0.6 is 0 Å². The number of para-hydroxylation sites is 1. The van der Waals surface area contributed by atoms with Gasteiger partial charge in [0.25, 0.3) is 5.91 Å². The normalized spacial score (nSPS) is 17.7. The van der Waals surface area contributed by atoms with Crippen molar-refractivity contribution in [1.29, 1.82) is 5.26 Å². The number of likely N-dealkylation sites (tertiary alicyclic amines) is 1. The third-order valence-corrected chi connectivity index (χ3v) is 7.09. The molecule has 0 aliphatic carbocycles. The van der Waals surface area contributed by atoms with Crippen molar-refractivity contribution in [2.45, 2.75) is 24.9 Å². The van der Waals surface area contributed by atoms with E-state index in [2.05, 4.69) is 15.3 Å². The number of nitriles is 1. The number of rotatable bonds is 6. The van der Waals surface area contributed by atoms with Gasteiger partial charge in [0.05, 0.1) is 11.7 Å². The largest absolute Gasteiger partial charge is 0.457 e. The number of anilines is 1. The van der Waals surface area contributed by atoms with Gasteiger partial charge in [-0.3, -0.25) is 13.9 Å². The predicted octanol–water partition coefficient (Wildman–Crippen LogP) is 2.54. The van der Waals surface area contributed by atoms with Crippen LogP contribution in [0.15, 0.2) is 77.4 Å². The summed E-state index contributed by atoms with van der Waals surface area (Å²) in [4.78, 5) is 36.8. The van der Waals surface area contributed by atoms with Gasteiger partial charge in [-0.2, -0.15) is 5.26 Å². The van der Waals surface area contributed by atoms with Gasteiger partial charge in [0, 0.05) is 19.1 Å². The van der Waals surface area contributed by atoms with Crippen LogP contribution < -0.4 is 21.5 Å². The number of benzene rings is 2. The molecule has 1 amide bonds. The van der Waals surface area contributed by atoms with Gasteiger partial charge in [-0.05, 0) is 61.9 Å². The van der Waals surface area contributed by atoms with E-state index >= 15 is 0 Å². The minimum atomic E-state index is -0.336. The summed E-state index contributed by atoms with van der Waals surface area (Å²) >= 11 is 0. The molecule has 2 aromatic carbocycles. The lowest BCUT2D eigenvalue weighted by Crippen LogP contribution is -2.53. The fourth-order valence-electron chi connectivity index (χ4n) is 5.09. The van der Waals surface area contributed by atoms with Crippen LogP contribution in [0.3, 0.4) is 0 Å². The Morgan fingerprint density at radius 2 is 1.85 bits per heavy atom. The smallest absolute Gasteiger partial charge is 0.335 e. The molecule has 2 aliphatic rings. The van der Waals surface area contributed by atoms with Crippen molar-refractivity contribution < 1.29 is 9.53 Å². The molecule has 2 saturated heterocycles. The number of nitrogens with zero attached hydrogens (tertiary/aromatic N) is 6. The van der Waals surface area contributed by atoms with Crippen molar-refractivity contribution in [3.8, 4) is 23.3 Å². The number of hydrogen-bond acceptors (Lipinski definition) is 8. The van der Waals surface area contributed by atoms with Crippen molar-refractivity contribution in [3.63, 3.8) is 0 Å². The summed E-state index contributed by atoms with van der Waals surface area (Å²) in [5.41, 5.74) is 7.36. The number of hydrogen-bond donors (Lipinski definition) is 2. The fraction of sp³-hybridized carbons (Fsp3) is 0.250. The van der Waals surface area contributed by atoms with Crippen LogP contribution in [0.4, 0.5) is 5.82 Å². The minimum absolute atomic E-state index is 0.0328. The predicted molar refractivity (Wildman–Crippen MR) is 144 cm³/mol. The van der Waals surface area contributed by atoms with E-state index in [0.29, 0.717) is 28.4 Å². The Labute approximate surface area is 223 Å². The molecule has 0 radical (unpaired) electrons. The molecule has 39 heavy (non-hydrogen) atoms. The van der Waals surface area contributed by atoms with E-state index in [1.807, 2.05) is 36.4 Å². The first kappa shape index (κ1) is 24.4. The number of carbonyl (C=O) groups excluding carboxylic acids is 1. The van der Waals surface area contributed by atoms with Crippen LogP contribution in [0.1, 0.15) is 18.9 Å². The Kier molecular flexibility index (Phi) is 6.30. The molecule has 1 atom stereocenters. The van der Waals surface area contributed by atoms with Crippen molar-refractivity contribution in [3.05, 3.63) is 83.1 Å². The highest BCUT2D eigenvalue weighted by Crippen LogP contribution is 2.29. The maximum Gasteiger partial charge on any atom is 0.335 e.